The van der Waals surface area contributed by atoms with E-state index in [1.165, 1.54) is 71.8 Å². The Morgan fingerprint density at radius 2 is 0.683 bits per heavy atom. The molecule has 8 aromatic carbocycles. The molecule has 0 unspecified atom stereocenters. The number of hydrogen-bond donors (Lipinski definition) is 14. The first-order valence-corrected chi connectivity index (χ1v) is 40.3. The van der Waals surface area contributed by atoms with Crippen LogP contribution in [0, 0.1) is 0 Å². The number of fused-ring (bicyclic) bond motifs is 4. The zero-order chi connectivity index (χ0) is 86.3. The second kappa shape index (κ2) is 30.9. The third kappa shape index (κ3) is 15.6. The van der Waals surface area contributed by atoms with Gasteiger partial charge in [-0.25, -0.2) is 19.2 Å². The number of carboxylic acid groups (broad SMARTS) is 4. The van der Waals surface area contributed by atoms with Crippen LogP contribution in [-0.4, -0.2) is 173 Å². The van der Waals surface area contributed by atoms with Gasteiger partial charge in [-0.1, -0.05) is 48.5 Å². The summed E-state index contributed by atoms with van der Waals surface area (Å²) in [6.45, 7) is 2.25. The lowest BCUT2D eigenvalue weighted by atomic mass is 9.82. The highest BCUT2D eigenvalue weighted by molar-refractivity contribution is 7.87. The topological polar surface area (TPSA) is 631 Å². The van der Waals surface area contributed by atoms with Gasteiger partial charge in [0.15, 0.2) is 23.1 Å². The Morgan fingerprint density at radius 1 is 0.375 bits per heavy atom. The van der Waals surface area contributed by atoms with Crippen LogP contribution in [0.15, 0.2) is 163 Å². The molecule has 12 aromatic rings. The van der Waals surface area contributed by atoms with Crippen molar-refractivity contribution in [3.05, 3.63) is 199 Å². The van der Waals surface area contributed by atoms with Crippen molar-refractivity contribution in [1.82, 2.24) is 39.0 Å². The molecule has 0 fully saturated rings. The van der Waals surface area contributed by atoms with Gasteiger partial charge in [0.1, 0.15) is 31.1 Å². The summed E-state index contributed by atoms with van der Waals surface area (Å²) in [5.74, 6) is -12.2. The van der Waals surface area contributed by atoms with Crippen LogP contribution in [0.1, 0.15) is 87.1 Å². The quantitative estimate of drug-likeness (QED) is 0.0154. The molecule has 0 aliphatic heterocycles. The number of aryl methyl sites for hydroxylation is 2. The van der Waals surface area contributed by atoms with Gasteiger partial charge in [0, 0.05) is 60.2 Å². The lowest BCUT2D eigenvalue weighted by Crippen LogP contribution is -2.24. The second-order valence-electron chi connectivity index (χ2n) is 25.9. The minimum absolute atomic E-state index is 0.0108. The molecule has 0 radical (unpaired) electrons. The molecule has 0 saturated carbocycles. The minimum Gasteiger partial charge on any atom is -0.488 e. The predicted octanol–water partition coefficient (Wildman–Crippen LogP) is 8.84. The molecule has 0 atom stereocenters. The lowest BCUT2D eigenvalue weighted by molar-refractivity contribution is 0.0675. The van der Waals surface area contributed by atoms with Crippen LogP contribution >= 0.6 is 0 Å². The summed E-state index contributed by atoms with van der Waals surface area (Å²) < 4.78 is 176. The van der Waals surface area contributed by atoms with E-state index >= 15 is 0 Å². The van der Waals surface area contributed by atoms with E-state index in [0.29, 0.717) is 23.3 Å². The molecule has 0 spiro atoms. The number of nitrogens with one attached hydrogen (secondary N) is 6. The number of carboxylic acids is 4. The van der Waals surface area contributed by atoms with E-state index in [0.717, 1.165) is 48.5 Å². The summed E-state index contributed by atoms with van der Waals surface area (Å²) in [7, 11) is -19.6. The van der Waals surface area contributed by atoms with Crippen LogP contribution in [0.4, 0.5) is 57.9 Å². The Balaban J connectivity index is 0.847. The standard InChI is InChI=1S/C74H56N14O28S4/c1-5-113-61-53-37-11-7-9-13-39(37)59(89)55-41(15-17-47(57(53)55)87(3)63(61)91)77-43-27-45(51(119(107,108)109)29-49(43)117(101,102)103)79-71-81-69(83-73(85-71)115-35-23-31(65(93)94)21-32(24-35)66(95)96)75-19-20-76-70-82-72(86-74(84-70)116-36-25-33(67(97)98)22-34(26-36)68(99)100)80-46-28-44(50(118(104,105)106)30-52(46)120(110,111)112)78-42-16-18-48-58-54(62(114-6-2)64(92)88(48)4)38-12-8-10-14-40(38)60(90)56(42)58/h7-18,21-30,77-78H,5-6,19-20H2,1-4H3,(H,93,94)(H,95,96)(H,97,98)(H,99,100)(H,101,102,103)(H,104,105,106)(H,107,108,109)(H,110,111,112)(H2,75,79,81,83,85)(H2,76,80,82,84,86). The van der Waals surface area contributed by atoms with Gasteiger partial charge in [-0.05, 0) is 110 Å². The normalized spacial score (nSPS) is 12.3. The number of aromatic carboxylic acids is 4. The molecular weight excluding hydrogens is 1660 g/mol. The van der Waals surface area contributed by atoms with E-state index in [1.807, 2.05) is 0 Å². The van der Waals surface area contributed by atoms with Gasteiger partial charge in [-0.15, -0.1) is 0 Å². The highest BCUT2D eigenvalue weighted by atomic mass is 32.2. The van der Waals surface area contributed by atoms with Crippen LogP contribution in [0.5, 0.6) is 35.0 Å². The van der Waals surface area contributed by atoms with Crippen LogP contribution in [0.2, 0.25) is 0 Å². The second-order valence-corrected chi connectivity index (χ2v) is 31.5. The van der Waals surface area contributed by atoms with Gasteiger partial charge >= 0.3 is 35.9 Å². The Hall–Kier alpha value is -14.9. The summed E-state index contributed by atoms with van der Waals surface area (Å²) >= 11 is 0. The average molecular weight is 1720 g/mol. The fraction of sp³-hybridized carbons (Fsp3) is 0.108. The van der Waals surface area contributed by atoms with Crippen molar-refractivity contribution >= 4 is 156 Å². The number of ketones is 2. The molecule has 2 aliphatic rings. The van der Waals surface area contributed by atoms with Crippen molar-refractivity contribution in [3.63, 3.8) is 0 Å². The van der Waals surface area contributed by atoms with E-state index in [9.17, 15) is 111 Å². The van der Waals surface area contributed by atoms with E-state index < -0.39 is 212 Å². The first kappa shape index (κ1) is 81.6. The summed E-state index contributed by atoms with van der Waals surface area (Å²) in [6.07, 6.45) is 0. The number of benzene rings is 8. The van der Waals surface area contributed by atoms with Gasteiger partial charge in [-0.3, -0.25) is 37.4 Å². The molecule has 4 heterocycles. The third-order valence-corrected chi connectivity index (χ3v) is 22.0. The number of hydrogen-bond acceptors (Lipinski definition) is 32. The number of anilines is 10. The lowest BCUT2D eigenvalue weighted by Gasteiger charge is -2.26. The Labute approximate surface area is 672 Å². The SMILES string of the molecule is CCOc1c2c3c(c(Nc4cc(Nc5nc(NCCNc6nc(Nc7cc(Nc8ccc9c%10c8C(=O)c8ccccc8-c%10c(OCC)c(=O)n9C)c(S(=O)(=O)O)cc7S(=O)(=O)O)nc(Oc7cc(C(=O)O)cc(C(=O)O)c7)n6)nc(Oc6cc(C(=O)O)cc(C(=O)O)c6)n5)c(S(=O)(=O)O)cc4S(=O)(=O)O)ccc3n(C)c1=O)C(=O)c1ccccc1-2. The molecule has 614 valence electrons. The number of aromatic nitrogens is 8. The van der Waals surface area contributed by atoms with Crippen LogP contribution in [-0.2, 0) is 54.6 Å². The van der Waals surface area contributed by atoms with Crippen LogP contribution < -0.4 is 62.0 Å². The van der Waals surface area contributed by atoms with E-state index in [1.54, 1.807) is 38.1 Å². The van der Waals surface area contributed by atoms with Crippen molar-refractivity contribution in [2.75, 3.05) is 58.2 Å². The first-order valence-electron chi connectivity index (χ1n) is 34.6. The third-order valence-electron chi connectivity index (χ3n) is 18.4. The van der Waals surface area contributed by atoms with Gasteiger partial charge in [0.2, 0.25) is 23.8 Å². The van der Waals surface area contributed by atoms with E-state index in [4.69, 9.17) is 18.9 Å². The molecule has 46 heteroatoms. The molecule has 14 rings (SSSR count). The average Bonchev–Trinajstić information content (AvgIpc) is 0.705. The fourth-order valence-electron chi connectivity index (χ4n) is 13.4. The summed E-state index contributed by atoms with van der Waals surface area (Å²) in [4.78, 5) is 126. The summed E-state index contributed by atoms with van der Waals surface area (Å²) in [5, 5.41) is 56.1. The summed E-state index contributed by atoms with van der Waals surface area (Å²) in [6, 6.07) is 22.9. The van der Waals surface area contributed by atoms with Crippen molar-refractivity contribution in [2.24, 2.45) is 14.1 Å². The predicted molar refractivity (Wildman–Crippen MR) is 421 cm³/mol. The van der Waals surface area contributed by atoms with Crippen LogP contribution in [0.3, 0.4) is 0 Å². The highest BCUT2D eigenvalue weighted by Gasteiger charge is 2.37. The number of pyridine rings is 2. The van der Waals surface area contributed by atoms with Crippen molar-refractivity contribution in [3.8, 4) is 57.3 Å². The molecule has 42 nitrogen and oxygen atoms in total. The molecule has 0 saturated heterocycles. The van der Waals surface area contributed by atoms with Gasteiger partial charge in [0.25, 0.3) is 51.6 Å². The maximum absolute atomic E-state index is 14.8. The van der Waals surface area contributed by atoms with Crippen LogP contribution in [0.25, 0.3) is 44.1 Å². The maximum atomic E-state index is 14.8. The zero-order valence-corrected chi connectivity index (χ0v) is 64.7. The molecule has 0 amide bonds. The first-order chi connectivity index (χ1) is 56.7. The molecular formula is C74H56N14O28S4. The molecule has 0 bridgehead atoms. The van der Waals surface area contributed by atoms with Crippen molar-refractivity contribution in [2.45, 2.75) is 33.4 Å². The highest BCUT2D eigenvalue weighted by Crippen LogP contribution is 2.50. The van der Waals surface area contributed by atoms with E-state index in [2.05, 4.69) is 61.8 Å². The van der Waals surface area contributed by atoms with Gasteiger partial charge in [0.05, 0.1) is 91.8 Å². The van der Waals surface area contributed by atoms with Crippen molar-refractivity contribution < 1.29 is 120 Å². The Morgan fingerprint density at radius 3 is 0.992 bits per heavy atom. The summed E-state index contributed by atoms with van der Waals surface area (Å²) in [5.41, 5.74) is -6.16. The number of carbonyl (C=O) groups is 6. The monoisotopic (exact) mass is 1720 g/mol. The zero-order valence-electron chi connectivity index (χ0n) is 61.5. The number of ether oxygens (including phenoxy) is 4. The van der Waals surface area contributed by atoms with Crippen molar-refractivity contribution in [1.29, 1.82) is 0 Å². The molecule has 4 aromatic heterocycles. The number of nitrogens with zero attached hydrogens (tertiary/aromatic N) is 8. The molecule has 120 heavy (non-hydrogen) atoms. The van der Waals surface area contributed by atoms with E-state index in [-0.39, 0.29) is 91.3 Å². The molecule has 14 N–H and O–H groups in total. The van der Waals surface area contributed by atoms with Gasteiger partial charge < -0.3 is 80.4 Å². The largest absolute Gasteiger partial charge is 0.488 e. The number of rotatable bonds is 29. The maximum Gasteiger partial charge on any atom is 0.335 e. The Kier molecular flexibility index (Phi) is 21.0. The number of carbonyl (C=O) groups excluding carboxylic acids is 2. The Bertz CT molecular complexity index is 6700. The smallest absolute Gasteiger partial charge is 0.335 e. The fourth-order valence-corrected chi connectivity index (χ4v) is 16.1. The van der Waals surface area contributed by atoms with Gasteiger partial charge in [-0.2, -0.15) is 63.6 Å². The minimum atomic E-state index is -5.64. The molecule has 2 aliphatic carbocycles.